The highest BCUT2D eigenvalue weighted by Gasteiger charge is 2.40. The van der Waals surface area contributed by atoms with Crippen molar-refractivity contribution in [3.63, 3.8) is 0 Å². The van der Waals surface area contributed by atoms with Crippen LogP contribution in [-0.4, -0.2) is 54.3 Å². The van der Waals surface area contributed by atoms with Crippen molar-refractivity contribution >= 4 is 5.91 Å². The van der Waals surface area contributed by atoms with E-state index < -0.39 is 28.8 Å². The third-order valence-electron chi connectivity index (χ3n) is 3.48. The minimum Gasteiger partial charge on any atom is -0.382 e. The number of hydrogen-bond acceptors (Lipinski definition) is 4. The molecule has 1 aliphatic heterocycles. The van der Waals surface area contributed by atoms with Crippen LogP contribution < -0.4 is 0 Å². The second kappa shape index (κ2) is 6.45. The molecule has 1 amide bonds. The molecule has 8 heteroatoms. The molecule has 0 aromatic carbocycles. The van der Waals surface area contributed by atoms with Crippen molar-refractivity contribution in [2.75, 3.05) is 26.8 Å². The van der Waals surface area contributed by atoms with Crippen LogP contribution in [0.1, 0.15) is 29.8 Å². The standard InChI is InChI=1S/C15H19F3N2O3/c1-14(2)9-20(7-10(23-14)8-22-3)13(21)11-4-5-19-6-12(11)15(16,17)18/h4-6,10H,7-9H2,1-3H3. The average Bonchev–Trinajstić information content (AvgIpc) is 2.44. The first-order chi connectivity index (χ1) is 10.6. The number of alkyl halides is 3. The summed E-state index contributed by atoms with van der Waals surface area (Å²) in [6.45, 7) is 4.20. The molecule has 1 saturated heterocycles. The van der Waals surface area contributed by atoms with Gasteiger partial charge in [0.25, 0.3) is 5.91 Å². The van der Waals surface area contributed by atoms with E-state index in [0.29, 0.717) is 6.20 Å². The van der Waals surface area contributed by atoms with Crippen LogP contribution in [0, 0.1) is 0 Å². The molecule has 23 heavy (non-hydrogen) atoms. The van der Waals surface area contributed by atoms with Crippen LogP contribution in [0.3, 0.4) is 0 Å². The zero-order valence-corrected chi connectivity index (χ0v) is 13.2. The quantitative estimate of drug-likeness (QED) is 0.853. The number of methoxy groups -OCH3 is 1. The molecule has 1 aromatic heterocycles. The first-order valence-corrected chi connectivity index (χ1v) is 7.11. The Hall–Kier alpha value is -1.67. The van der Waals surface area contributed by atoms with Crippen molar-refractivity contribution in [3.8, 4) is 0 Å². The van der Waals surface area contributed by atoms with Gasteiger partial charge in [-0.25, -0.2) is 0 Å². The highest BCUT2D eigenvalue weighted by atomic mass is 19.4. The summed E-state index contributed by atoms with van der Waals surface area (Å²) >= 11 is 0. The molecule has 0 radical (unpaired) electrons. The summed E-state index contributed by atoms with van der Waals surface area (Å²) in [6, 6.07) is 1.10. The van der Waals surface area contributed by atoms with E-state index in [2.05, 4.69) is 4.98 Å². The number of hydrogen-bond donors (Lipinski definition) is 0. The van der Waals surface area contributed by atoms with Crippen LogP contribution in [0.5, 0.6) is 0 Å². The molecule has 0 bridgehead atoms. The number of nitrogens with zero attached hydrogens (tertiary/aromatic N) is 2. The second-order valence-corrected chi connectivity index (χ2v) is 6.06. The van der Waals surface area contributed by atoms with Crippen molar-refractivity contribution < 1.29 is 27.4 Å². The number of halogens is 3. The lowest BCUT2D eigenvalue weighted by Crippen LogP contribution is -2.55. The number of morpholine rings is 1. The third-order valence-corrected chi connectivity index (χ3v) is 3.48. The van der Waals surface area contributed by atoms with Crippen LogP contribution in [0.2, 0.25) is 0 Å². The molecule has 128 valence electrons. The van der Waals surface area contributed by atoms with Gasteiger partial charge >= 0.3 is 6.18 Å². The van der Waals surface area contributed by atoms with Gasteiger partial charge < -0.3 is 14.4 Å². The summed E-state index contributed by atoms with van der Waals surface area (Å²) in [7, 11) is 1.50. The van der Waals surface area contributed by atoms with Gasteiger partial charge in [-0.15, -0.1) is 0 Å². The van der Waals surface area contributed by atoms with Crippen molar-refractivity contribution in [3.05, 3.63) is 29.6 Å². The maximum atomic E-state index is 13.1. The van der Waals surface area contributed by atoms with E-state index in [1.54, 1.807) is 13.8 Å². The van der Waals surface area contributed by atoms with E-state index in [0.717, 1.165) is 6.07 Å². The van der Waals surface area contributed by atoms with Crippen LogP contribution in [0.15, 0.2) is 18.5 Å². The highest BCUT2D eigenvalue weighted by Crippen LogP contribution is 2.32. The van der Waals surface area contributed by atoms with Gasteiger partial charge in [-0.1, -0.05) is 0 Å². The lowest BCUT2D eigenvalue weighted by atomic mass is 10.0. The molecule has 1 unspecified atom stereocenters. The van der Waals surface area contributed by atoms with Gasteiger partial charge in [-0.05, 0) is 19.9 Å². The van der Waals surface area contributed by atoms with Gasteiger partial charge in [0.05, 0.1) is 29.4 Å². The van der Waals surface area contributed by atoms with Gasteiger partial charge in [-0.3, -0.25) is 9.78 Å². The molecule has 1 fully saturated rings. The average molecular weight is 332 g/mol. The van der Waals surface area contributed by atoms with E-state index >= 15 is 0 Å². The van der Waals surface area contributed by atoms with E-state index in [-0.39, 0.29) is 25.8 Å². The Morgan fingerprint density at radius 3 is 2.83 bits per heavy atom. The predicted octanol–water partition coefficient (Wildman–Crippen LogP) is 2.37. The Labute approximate surface area is 132 Å². The Balaban J connectivity index is 2.29. The predicted molar refractivity (Wildman–Crippen MR) is 76.0 cm³/mol. The zero-order valence-electron chi connectivity index (χ0n) is 13.2. The number of aromatic nitrogens is 1. The minimum absolute atomic E-state index is 0.176. The second-order valence-electron chi connectivity index (χ2n) is 6.06. The van der Waals surface area contributed by atoms with E-state index in [1.165, 1.54) is 18.2 Å². The van der Waals surface area contributed by atoms with Crippen LogP contribution >= 0.6 is 0 Å². The number of rotatable bonds is 3. The molecule has 1 aromatic rings. The summed E-state index contributed by atoms with van der Waals surface area (Å²) in [5, 5.41) is 0. The largest absolute Gasteiger partial charge is 0.418 e. The molecule has 1 atom stereocenters. The Kier molecular flexibility index (Phi) is 4.95. The van der Waals surface area contributed by atoms with Crippen molar-refractivity contribution in [2.45, 2.75) is 31.7 Å². The van der Waals surface area contributed by atoms with E-state index in [1.807, 2.05) is 0 Å². The molecule has 5 nitrogen and oxygen atoms in total. The first kappa shape index (κ1) is 17.7. The summed E-state index contributed by atoms with van der Waals surface area (Å²) in [4.78, 5) is 17.5. The lowest BCUT2D eigenvalue weighted by molar-refractivity contribution is -0.144. The summed E-state index contributed by atoms with van der Waals surface area (Å²) in [5.74, 6) is -0.683. The Bertz CT molecular complexity index is 575. The number of amides is 1. The smallest absolute Gasteiger partial charge is 0.382 e. The summed E-state index contributed by atoms with van der Waals surface area (Å²) in [5.41, 5.74) is -2.10. The normalized spacial score (nSPS) is 21.3. The SMILES string of the molecule is COCC1CN(C(=O)c2ccncc2C(F)(F)F)CC(C)(C)O1. The Morgan fingerprint density at radius 2 is 2.22 bits per heavy atom. The third kappa shape index (κ3) is 4.20. The highest BCUT2D eigenvalue weighted by molar-refractivity contribution is 5.95. The maximum Gasteiger partial charge on any atom is 0.418 e. The maximum absolute atomic E-state index is 13.1. The topological polar surface area (TPSA) is 51.7 Å². The molecular formula is C15H19F3N2O3. The summed E-state index contributed by atoms with van der Waals surface area (Å²) in [6.07, 6.45) is -3.16. The first-order valence-electron chi connectivity index (χ1n) is 7.11. The van der Waals surface area contributed by atoms with Crippen molar-refractivity contribution in [1.29, 1.82) is 0 Å². The Morgan fingerprint density at radius 1 is 1.52 bits per heavy atom. The van der Waals surface area contributed by atoms with Gasteiger partial charge in [0.1, 0.15) is 0 Å². The zero-order chi connectivity index (χ0) is 17.3. The van der Waals surface area contributed by atoms with Gasteiger partial charge in [0.2, 0.25) is 0 Å². The molecule has 1 aliphatic rings. The fraction of sp³-hybridized carbons (Fsp3) is 0.600. The number of carbonyl (C=O) groups is 1. The molecule has 0 aliphatic carbocycles. The van der Waals surface area contributed by atoms with Crippen LogP contribution in [-0.2, 0) is 15.7 Å². The molecular weight excluding hydrogens is 313 g/mol. The van der Waals surface area contributed by atoms with Crippen LogP contribution in [0.4, 0.5) is 13.2 Å². The van der Waals surface area contributed by atoms with Gasteiger partial charge in [0.15, 0.2) is 0 Å². The fourth-order valence-corrected chi connectivity index (χ4v) is 2.70. The molecule has 2 rings (SSSR count). The number of carbonyl (C=O) groups excluding carboxylic acids is 1. The van der Waals surface area contributed by atoms with Gasteiger partial charge in [0, 0.05) is 32.6 Å². The molecule has 2 heterocycles. The molecule has 0 saturated carbocycles. The van der Waals surface area contributed by atoms with E-state index in [9.17, 15) is 18.0 Å². The van der Waals surface area contributed by atoms with Gasteiger partial charge in [-0.2, -0.15) is 13.2 Å². The van der Waals surface area contributed by atoms with Crippen molar-refractivity contribution in [1.82, 2.24) is 9.88 Å². The monoisotopic (exact) mass is 332 g/mol. The lowest BCUT2D eigenvalue weighted by Gasteiger charge is -2.42. The number of pyridine rings is 1. The minimum atomic E-state index is -4.63. The van der Waals surface area contributed by atoms with Crippen LogP contribution in [0.25, 0.3) is 0 Å². The molecule has 0 N–H and O–H groups in total. The fourth-order valence-electron chi connectivity index (χ4n) is 2.70. The summed E-state index contributed by atoms with van der Waals surface area (Å²) < 4.78 is 50.0. The molecule has 0 spiro atoms. The van der Waals surface area contributed by atoms with Crippen molar-refractivity contribution in [2.24, 2.45) is 0 Å². The number of ether oxygens (including phenoxy) is 2. The van der Waals surface area contributed by atoms with E-state index in [4.69, 9.17) is 9.47 Å².